The number of phenolic OH excluding ortho intramolecular Hbond substituents is 1. The highest BCUT2D eigenvalue weighted by Gasteiger charge is 2.14. The molecule has 25 heavy (non-hydrogen) atoms. The lowest BCUT2D eigenvalue weighted by Crippen LogP contribution is -2.03. The second-order valence-corrected chi connectivity index (χ2v) is 6.42. The van der Waals surface area contributed by atoms with Crippen molar-refractivity contribution in [2.45, 2.75) is 6.92 Å². The van der Waals surface area contributed by atoms with Crippen LogP contribution >= 0.6 is 23.2 Å². The van der Waals surface area contributed by atoms with Crippen LogP contribution in [-0.4, -0.2) is 24.9 Å². The van der Waals surface area contributed by atoms with Crippen molar-refractivity contribution in [1.82, 2.24) is 19.8 Å². The molecule has 1 N–H and O–H groups in total. The van der Waals surface area contributed by atoms with Crippen molar-refractivity contribution in [3.63, 3.8) is 0 Å². The molecule has 0 saturated heterocycles. The lowest BCUT2D eigenvalue weighted by molar-refractivity contribution is 0.476. The average molecular weight is 371 g/mol. The third-order valence-electron chi connectivity index (χ3n) is 3.90. The summed E-state index contributed by atoms with van der Waals surface area (Å²) in [5.74, 6) is 0.553. The standard InChI is InChI=1S/C18H12Cl2N4O/c1-10-13(7-11-8-14(19)16(25)15(20)9-11)18-22-21-17(24(18)23-10)12-5-3-2-4-6-12/h2-9,25H,1H3. The van der Waals surface area contributed by atoms with E-state index in [1.54, 1.807) is 16.6 Å². The Balaban J connectivity index is 1.92. The van der Waals surface area contributed by atoms with Crippen molar-refractivity contribution >= 4 is 34.9 Å². The summed E-state index contributed by atoms with van der Waals surface area (Å²) in [5, 5.41) is 24.0. The fraction of sp³-hybridized carbons (Fsp3) is 0.0556. The summed E-state index contributed by atoms with van der Waals surface area (Å²) < 4.78 is 1.72. The molecule has 0 aliphatic carbocycles. The smallest absolute Gasteiger partial charge is 0.187 e. The summed E-state index contributed by atoms with van der Waals surface area (Å²) in [6, 6.07) is 13.0. The summed E-state index contributed by atoms with van der Waals surface area (Å²) in [5.41, 5.74) is 3.14. The van der Waals surface area contributed by atoms with Crippen LogP contribution in [0.15, 0.2) is 42.5 Å². The molecule has 7 heteroatoms. The van der Waals surface area contributed by atoms with E-state index >= 15 is 0 Å². The minimum Gasteiger partial charge on any atom is -0.505 e. The predicted octanol–water partition coefficient (Wildman–Crippen LogP) is 3.66. The van der Waals surface area contributed by atoms with E-state index in [9.17, 15) is 5.11 Å². The molecular formula is C18H12Cl2N4O. The molecule has 4 rings (SSSR count). The Morgan fingerprint density at radius 1 is 1.04 bits per heavy atom. The van der Waals surface area contributed by atoms with Crippen molar-refractivity contribution in [3.05, 3.63) is 69.0 Å². The fourth-order valence-electron chi connectivity index (χ4n) is 2.68. The molecular weight excluding hydrogens is 359 g/mol. The van der Waals surface area contributed by atoms with Gasteiger partial charge < -0.3 is 5.11 Å². The number of hydrogen-bond acceptors (Lipinski definition) is 4. The van der Waals surface area contributed by atoms with Gasteiger partial charge in [0, 0.05) is 10.8 Å². The van der Waals surface area contributed by atoms with Crippen LogP contribution < -0.4 is 5.22 Å². The molecule has 0 atom stereocenters. The number of nitrogens with zero attached hydrogens (tertiary/aromatic N) is 4. The summed E-state index contributed by atoms with van der Waals surface area (Å²) in [6.07, 6.45) is 1.87. The summed E-state index contributed by atoms with van der Waals surface area (Å²) in [6.45, 7) is 1.90. The second-order valence-electron chi connectivity index (χ2n) is 5.60. The van der Waals surface area contributed by atoms with Crippen LogP contribution in [0.4, 0.5) is 0 Å². The van der Waals surface area contributed by atoms with Crippen molar-refractivity contribution in [2.75, 3.05) is 0 Å². The van der Waals surface area contributed by atoms with Gasteiger partial charge in [-0.05, 0) is 30.7 Å². The van der Waals surface area contributed by atoms with Gasteiger partial charge in [0.2, 0.25) is 0 Å². The van der Waals surface area contributed by atoms with Gasteiger partial charge in [-0.2, -0.15) is 9.61 Å². The lowest BCUT2D eigenvalue weighted by atomic mass is 10.1. The number of benzene rings is 2. The second kappa shape index (κ2) is 6.02. The molecule has 0 bridgehead atoms. The normalized spacial score (nSPS) is 12.2. The van der Waals surface area contributed by atoms with Gasteiger partial charge in [0.25, 0.3) is 0 Å². The van der Waals surface area contributed by atoms with Crippen LogP contribution in [0.25, 0.3) is 23.1 Å². The first-order chi connectivity index (χ1) is 12.0. The van der Waals surface area contributed by atoms with Gasteiger partial charge in [-0.1, -0.05) is 53.5 Å². The molecule has 0 amide bonds. The Bertz CT molecular complexity index is 1120. The van der Waals surface area contributed by atoms with Gasteiger partial charge in [0.15, 0.2) is 17.2 Å². The molecule has 0 spiro atoms. The van der Waals surface area contributed by atoms with Crippen LogP contribution in [-0.2, 0) is 0 Å². The largest absolute Gasteiger partial charge is 0.505 e. The molecule has 0 aliphatic heterocycles. The van der Waals surface area contributed by atoms with E-state index in [2.05, 4.69) is 15.3 Å². The SMILES string of the molecule is Cc1nn2c(-c3ccccc3)nnc2c1=Cc1cc(Cl)c(O)c(Cl)c1. The van der Waals surface area contributed by atoms with E-state index in [0.29, 0.717) is 11.5 Å². The first-order valence-corrected chi connectivity index (χ1v) is 8.27. The van der Waals surface area contributed by atoms with Crippen LogP contribution in [0.2, 0.25) is 10.0 Å². The number of phenols is 1. The maximum absolute atomic E-state index is 9.70. The highest BCUT2D eigenvalue weighted by molar-refractivity contribution is 6.37. The van der Waals surface area contributed by atoms with E-state index in [-0.39, 0.29) is 15.8 Å². The molecule has 0 aliphatic rings. The monoisotopic (exact) mass is 370 g/mol. The van der Waals surface area contributed by atoms with Gasteiger partial charge in [0.1, 0.15) is 0 Å². The quantitative estimate of drug-likeness (QED) is 0.584. The van der Waals surface area contributed by atoms with Crippen LogP contribution in [0.1, 0.15) is 11.3 Å². The van der Waals surface area contributed by atoms with Gasteiger partial charge >= 0.3 is 0 Å². The number of aromatic nitrogens is 4. The van der Waals surface area contributed by atoms with Crippen LogP contribution in [0.3, 0.4) is 0 Å². The fourth-order valence-corrected chi connectivity index (χ4v) is 3.18. The zero-order valence-electron chi connectivity index (χ0n) is 13.1. The molecule has 4 aromatic rings. The maximum Gasteiger partial charge on any atom is 0.187 e. The van der Waals surface area contributed by atoms with E-state index in [0.717, 1.165) is 22.0 Å². The van der Waals surface area contributed by atoms with Gasteiger partial charge in [-0.25, -0.2) is 0 Å². The van der Waals surface area contributed by atoms with Gasteiger partial charge in [0.05, 0.1) is 15.7 Å². The molecule has 124 valence electrons. The molecule has 2 aromatic heterocycles. The number of rotatable bonds is 2. The summed E-state index contributed by atoms with van der Waals surface area (Å²) in [7, 11) is 0. The van der Waals surface area contributed by atoms with Crippen molar-refractivity contribution in [3.8, 4) is 17.1 Å². The lowest BCUT2D eigenvalue weighted by Gasteiger charge is -2.01. The molecule has 0 saturated carbocycles. The maximum atomic E-state index is 9.70. The molecule has 5 nitrogen and oxygen atoms in total. The molecule has 0 unspecified atom stereocenters. The topological polar surface area (TPSA) is 63.3 Å². The summed E-state index contributed by atoms with van der Waals surface area (Å²) in [4.78, 5) is 0. The number of fused-ring (bicyclic) bond motifs is 1. The van der Waals surface area contributed by atoms with E-state index in [4.69, 9.17) is 23.2 Å². The minimum absolute atomic E-state index is 0.128. The Morgan fingerprint density at radius 3 is 2.40 bits per heavy atom. The van der Waals surface area contributed by atoms with Crippen molar-refractivity contribution in [1.29, 1.82) is 0 Å². The first kappa shape index (κ1) is 15.9. The zero-order valence-corrected chi connectivity index (χ0v) is 14.6. The summed E-state index contributed by atoms with van der Waals surface area (Å²) >= 11 is 12.0. The van der Waals surface area contributed by atoms with E-state index < -0.39 is 0 Å². The Labute approximate surface area is 153 Å². The van der Waals surface area contributed by atoms with Crippen molar-refractivity contribution in [2.24, 2.45) is 0 Å². The number of aromatic hydroxyl groups is 1. The number of halogens is 2. The highest BCUT2D eigenvalue weighted by atomic mass is 35.5. The third kappa shape index (κ3) is 2.71. The molecule has 0 radical (unpaired) electrons. The Hall–Kier alpha value is -2.63. The van der Waals surface area contributed by atoms with Crippen LogP contribution in [0, 0.1) is 6.92 Å². The Morgan fingerprint density at radius 2 is 1.72 bits per heavy atom. The minimum atomic E-state index is -0.128. The Kier molecular flexibility index (Phi) is 3.82. The zero-order chi connectivity index (χ0) is 17.6. The van der Waals surface area contributed by atoms with Gasteiger partial charge in [-0.3, -0.25) is 0 Å². The first-order valence-electron chi connectivity index (χ1n) is 7.51. The van der Waals surface area contributed by atoms with Gasteiger partial charge in [-0.15, -0.1) is 10.2 Å². The van der Waals surface area contributed by atoms with Crippen LogP contribution in [0.5, 0.6) is 5.75 Å². The van der Waals surface area contributed by atoms with E-state index in [1.807, 2.05) is 43.3 Å². The molecule has 2 aromatic carbocycles. The third-order valence-corrected chi connectivity index (χ3v) is 4.48. The molecule has 2 heterocycles. The number of hydrogen-bond donors (Lipinski definition) is 1. The van der Waals surface area contributed by atoms with E-state index in [1.165, 1.54) is 0 Å². The molecule has 0 fully saturated rings. The average Bonchev–Trinajstić information content (AvgIpc) is 3.13. The van der Waals surface area contributed by atoms with Crippen molar-refractivity contribution < 1.29 is 5.11 Å². The number of aryl methyl sites for hydroxylation is 1. The predicted molar refractivity (Wildman–Crippen MR) is 97.9 cm³/mol. The highest BCUT2D eigenvalue weighted by Crippen LogP contribution is 2.32.